The molecule has 5 rings (SSSR count). The van der Waals surface area contributed by atoms with Crippen LogP contribution in [0.3, 0.4) is 0 Å². The van der Waals surface area contributed by atoms with Gasteiger partial charge in [-0.15, -0.1) is 5.10 Å². The molecule has 1 aromatic heterocycles. The second-order valence-corrected chi connectivity index (χ2v) is 9.80. The van der Waals surface area contributed by atoms with Crippen molar-refractivity contribution in [3.8, 4) is 22.6 Å². The Labute approximate surface area is 232 Å². The normalized spacial score (nSPS) is 20.8. The lowest BCUT2D eigenvalue weighted by Crippen LogP contribution is -2.50. The zero-order chi connectivity index (χ0) is 28.1. The fourth-order valence-electron chi connectivity index (χ4n) is 4.75. The van der Waals surface area contributed by atoms with Crippen LogP contribution in [-0.2, 0) is 24.4 Å². The lowest BCUT2D eigenvalue weighted by molar-refractivity contribution is -0.214. The van der Waals surface area contributed by atoms with Gasteiger partial charge >= 0.3 is 0 Å². The molecule has 0 saturated carbocycles. The van der Waals surface area contributed by atoms with Crippen LogP contribution >= 0.6 is 0 Å². The Bertz CT molecular complexity index is 1410. The van der Waals surface area contributed by atoms with Crippen molar-refractivity contribution in [1.82, 2.24) is 20.3 Å². The van der Waals surface area contributed by atoms with Gasteiger partial charge in [-0.2, -0.15) is 0 Å². The van der Waals surface area contributed by atoms with Crippen molar-refractivity contribution in [2.75, 3.05) is 13.7 Å². The van der Waals surface area contributed by atoms with Crippen LogP contribution in [0.5, 0.6) is 11.5 Å². The van der Waals surface area contributed by atoms with Crippen LogP contribution in [0.25, 0.3) is 11.1 Å². The molecule has 210 valence electrons. The van der Waals surface area contributed by atoms with Crippen LogP contribution < -0.4 is 14.8 Å². The Morgan fingerprint density at radius 1 is 0.975 bits per heavy atom. The Morgan fingerprint density at radius 3 is 2.60 bits per heavy atom. The number of ether oxygens (including phenoxy) is 3. The summed E-state index contributed by atoms with van der Waals surface area (Å²) in [6, 6.07) is 22.4. The number of nitrogens with zero attached hydrogens (tertiary/aromatic N) is 3. The molecule has 40 heavy (non-hydrogen) atoms. The van der Waals surface area contributed by atoms with Crippen molar-refractivity contribution in [3.63, 3.8) is 0 Å². The van der Waals surface area contributed by atoms with E-state index in [2.05, 4.69) is 46.8 Å². The maximum atomic E-state index is 10.2. The molecule has 10 nitrogen and oxygen atoms in total. The molecule has 1 aliphatic rings. The van der Waals surface area contributed by atoms with Gasteiger partial charge in [-0.3, -0.25) is 0 Å². The van der Waals surface area contributed by atoms with E-state index in [-0.39, 0.29) is 6.61 Å². The first-order valence-electron chi connectivity index (χ1n) is 13.2. The lowest BCUT2D eigenvalue weighted by Gasteiger charge is -2.34. The lowest BCUT2D eigenvalue weighted by atomic mass is 9.97. The number of rotatable bonds is 10. The standard InChI is InChI=1S/C30H34N4O6/c1-19-22(9-6-10-24(19)21-7-4-3-5-8-21)17-39-27-13-20(11-12-26(27)38-2)14-31-15-23-16-34(33-32-23)30-29(37)28(36)25(35)18-40-30/h3-13,16,25,28-31,35-37H,14-15,17-18H2,1-2H3/t25-,28-,29-,30-/m1/s1. The Morgan fingerprint density at radius 2 is 1.80 bits per heavy atom. The Kier molecular flexibility index (Phi) is 8.73. The maximum Gasteiger partial charge on any atom is 0.180 e. The third kappa shape index (κ3) is 6.16. The van der Waals surface area contributed by atoms with E-state index >= 15 is 0 Å². The quantitative estimate of drug-likeness (QED) is 0.237. The summed E-state index contributed by atoms with van der Waals surface area (Å²) in [6.45, 7) is 3.38. The van der Waals surface area contributed by atoms with E-state index < -0.39 is 24.5 Å². The van der Waals surface area contributed by atoms with Crippen molar-refractivity contribution >= 4 is 0 Å². The smallest absolute Gasteiger partial charge is 0.180 e. The zero-order valence-electron chi connectivity index (χ0n) is 22.5. The van der Waals surface area contributed by atoms with E-state index in [4.69, 9.17) is 14.2 Å². The highest BCUT2D eigenvalue weighted by atomic mass is 16.5. The number of aliphatic hydroxyl groups excluding tert-OH is 3. The molecule has 0 unspecified atom stereocenters. The summed E-state index contributed by atoms with van der Waals surface area (Å²) in [4.78, 5) is 0. The summed E-state index contributed by atoms with van der Waals surface area (Å²) >= 11 is 0. The second kappa shape index (κ2) is 12.6. The third-order valence-corrected chi connectivity index (χ3v) is 7.07. The van der Waals surface area contributed by atoms with Gasteiger partial charge in [0, 0.05) is 13.1 Å². The Balaban J connectivity index is 1.20. The number of benzene rings is 3. The summed E-state index contributed by atoms with van der Waals surface area (Å²) in [7, 11) is 1.62. The van der Waals surface area contributed by atoms with Gasteiger partial charge in [0.15, 0.2) is 17.7 Å². The van der Waals surface area contributed by atoms with Crippen LogP contribution in [0, 0.1) is 6.92 Å². The van der Waals surface area contributed by atoms with Crippen LogP contribution in [0.15, 0.2) is 72.9 Å². The molecule has 4 aromatic rings. The van der Waals surface area contributed by atoms with Crippen LogP contribution in [0.4, 0.5) is 0 Å². The molecule has 1 fully saturated rings. The zero-order valence-corrected chi connectivity index (χ0v) is 22.5. The highest BCUT2D eigenvalue weighted by Crippen LogP contribution is 2.31. The van der Waals surface area contributed by atoms with Gasteiger partial charge in [0.2, 0.25) is 0 Å². The van der Waals surface area contributed by atoms with Crippen molar-refractivity contribution in [3.05, 3.63) is 95.3 Å². The summed E-state index contributed by atoms with van der Waals surface area (Å²) in [5, 5.41) is 41.2. The maximum absolute atomic E-state index is 10.2. The summed E-state index contributed by atoms with van der Waals surface area (Å²) in [6.07, 6.45) is -3.04. The van der Waals surface area contributed by atoms with E-state index in [9.17, 15) is 15.3 Å². The molecule has 2 heterocycles. The topological polar surface area (TPSA) is 131 Å². The monoisotopic (exact) mass is 546 g/mol. The average molecular weight is 547 g/mol. The molecule has 3 aromatic carbocycles. The van der Waals surface area contributed by atoms with Crippen molar-refractivity contribution in [2.45, 2.75) is 51.2 Å². The molecule has 4 N–H and O–H groups in total. The van der Waals surface area contributed by atoms with Crippen LogP contribution in [0.2, 0.25) is 0 Å². The van der Waals surface area contributed by atoms with E-state index in [1.165, 1.54) is 21.4 Å². The SMILES string of the molecule is COc1ccc(CNCc2cn([C@@H]3OC[C@@H](O)[C@@H](O)[C@H]3O)nn2)cc1OCc1cccc(-c2ccccc2)c1C. The van der Waals surface area contributed by atoms with Crippen LogP contribution in [-0.4, -0.2) is 62.3 Å². The van der Waals surface area contributed by atoms with E-state index in [0.717, 1.165) is 11.1 Å². The first kappa shape index (κ1) is 27.8. The molecule has 0 radical (unpaired) electrons. The molecule has 0 spiro atoms. The molecule has 1 aliphatic heterocycles. The van der Waals surface area contributed by atoms with E-state index in [0.29, 0.717) is 36.9 Å². The molecule has 0 amide bonds. The first-order chi connectivity index (χ1) is 19.4. The predicted molar refractivity (Wildman–Crippen MR) is 148 cm³/mol. The van der Waals surface area contributed by atoms with Crippen molar-refractivity contribution < 1.29 is 29.5 Å². The minimum absolute atomic E-state index is 0.101. The van der Waals surface area contributed by atoms with Gasteiger partial charge < -0.3 is 34.8 Å². The van der Waals surface area contributed by atoms with Gasteiger partial charge in [-0.25, -0.2) is 4.68 Å². The molecular weight excluding hydrogens is 512 g/mol. The van der Waals surface area contributed by atoms with Crippen molar-refractivity contribution in [1.29, 1.82) is 0 Å². The predicted octanol–water partition coefficient (Wildman–Crippen LogP) is 2.74. The number of nitrogens with one attached hydrogen (secondary N) is 1. The fourth-order valence-corrected chi connectivity index (χ4v) is 4.75. The molecule has 0 bridgehead atoms. The number of aliphatic hydroxyl groups is 3. The molecule has 4 atom stereocenters. The average Bonchev–Trinajstić information content (AvgIpc) is 3.44. The van der Waals surface area contributed by atoms with E-state index in [1.54, 1.807) is 13.3 Å². The summed E-state index contributed by atoms with van der Waals surface area (Å²) < 4.78 is 18.5. The van der Waals surface area contributed by atoms with Gasteiger partial charge in [-0.05, 0) is 46.9 Å². The second-order valence-electron chi connectivity index (χ2n) is 9.80. The molecule has 1 saturated heterocycles. The van der Waals surface area contributed by atoms with Gasteiger partial charge in [0.1, 0.15) is 24.9 Å². The number of aromatic nitrogens is 3. The fraction of sp³-hybridized carbons (Fsp3) is 0.333. The summed E-state index contributed by atoms with van der Waals surface area (Å²) in [5.74, 6) is 1.31. The molecular formula is C30H34N4O6. The highest BCUT2D eigenvalue weighted by Gasteiger charge is 2.39. The number of methoxy groups -OCH3 is 1. The molecule has 0 aliphatic carbocycles. The summed E-state index contributed by atoms with van der Waals surface area (Å²) in [5.41, 5.74) is 6.27. The molecule has 10 heteroatoms. The van der Waals surface area contributed by atoms with E-state index in [1.807, 2.05) is 42.5 Å². The highest BCUT2D eigenvalue weighted by molar-refractivity contribution is 5.68. The minimum Gasteiger partial charge on any atom is -0.493 e. The van der Waals surface area contributed by atoms with Gasteiger partial charge in [0.05, 0.1) is 25.6 Å². The van der Waals surface area contributed by atoms with Gasteiger partial charge in [0.25, 0.3) is 0 Å². The Hall–Kier alpha value is -3.80. The first-order valence-corrected chi connectivity index (χ1v) is 13.2. The van der Waals surface area contributed by atoms with Crippen molar-refractivity contribution in [2.24, 2.45) is 0 Å². The number of hydrogen-bond acceptors (Lipinski definition) is 9. The minimum atomic E-state index is -1.31. The van der Waals surface area contributed by atoms with Gasteiger partial charge in [-0.1, -0.05) is 59.8 Å². The van der Waals surface area contributed by atoms with Crippen LogP contribution in [0.1, 0.15) is 28.6 Å². The third-order valence-electron chi connectivity index (χ3n) is 7.07. The largest absolute Gasteiger partial charge is 0.493 e. The number of hydrogen-bond donors (Lipinski definition) is 4.